The highest BCUT2D eigenvalue weighted by atomic mass is 16.2. The minimum absolute atomic E-state index is 0.0309. The third kappa shape index (κ3) is 4.87. The Hall–Kier alpha value is -1.51. The van der Waals surface area contributed by atoms with Crippen LogP contribution in [-0.4, -0.2) is 19.1 Å². The Balaban J connectivity index is 1.57. The molecule has 0 bridgehead atoms. The quantitative estimate of drug-likeness (QED) is 0.820. The molecule has 0 heterocycles. The van der Waals surface area contributed by atoms with Gasteiger partial charge in [0.1, 0.15) is 0 Å². The molecule has 0 unspecified atom stereocenters. The minimum atomic E-state index is -0.0309. The van der Waals surface area contributed by atoms with Gasteiger partial charge in [0.15, 0.2) is 0 Å². The number of carbonyl (C=O) groups is 1. The number of rotatable bonds is 6. The van der Waals surface area contributed by atoms with Crippen molar-refractivity contribution in [1.29, 1.82) is 0 Å². The summed E-state index contributed by atoms with van der Waals surface area (Å²) in [5.41, 5.74) is 2.59. The van der Waals surface area contributed by atoms with Crippen LogP contribution in [0, 0.1) is 12.8 Å². The van der Waals surface area contributed by atoms with Crippen molar-refractivity contribution in [2.75, 3.05) is 13.1 Å². The molecule has 3 nitrogen and oxygen atoms in total. The number of urea groups is 1. The predicted octanol–water partition coefficient (Wildman–Crippen LogP) is 3.42. The maximum atomic E-state index is 11.7. The van der Waals surface area contributed by atoms with Crippen LogP contribution in [0.2, 0.25) is 0 Å². The Morgan fingerprint density at radius 1 is 1.15 bits per heavy atom. The lowest BCUT2D eigenvalue weighted by molar-refractivity contribution is 0.240. The first kappa shape index (κ1) is 14.9. The number of carbonyl (C=O) groups excluding carboxylic acids is 1. The molecule has 110 valence electrons. The van der Waals surface area contributed by atoms with Gasteiger partial charge in [0.25, 0.3) is 0 Å². The topological polar surface area (TPSA) is 41.1 Å². The molecule has 1 aromatic rings. The van der Waals surface area contributed by atoms with E-state index >= 15 is 0 Å². The van der Waals surface area contributed by atoms with E-state index in [0.717, 1.165) is 25.3 Å². The molecule has 2 rings (SSSR count). The molecular formula is C17H26N2O. The summed E-state index contributed by atoms with van der Waals surface area (Å²) in [6, 6.07) is 8.29. The zero-order valence-electron chi connectivity index (χ0n) is 12.5. The predicted molar refractivity (Wildman–Crippen MR) is 82.9 cm³/mol. The molecule has 1 aromatic carbocycles. The number of hydrogen-bond acceptors (Lipinski definition) is 1. The molecule has 20 heavy (non-hydrogen) atoms. The van der Waals surface area contributed by atoms with Crippen molar-refractivity contribution in [3.8, 4) is 0 Å². The van der Waals surface area contributed by atoms with E-state index in [9.17, 15) is 4.79 Å². The van der Waals surface area contributed by atoms with Gasteiger partial charge in [-0.3, -0.25) is 0 Å². The van der Waals surface area contributed by atoms with Gasteiger partial charge in [0.2, 0.25) is 0 Å². The Labute approximate surface area is 122 Å². The molecule has 2 amide bonds. The molecule has 2 N–H and O–H groups in total. The zero-order chi connectivity index (χ0) is 14.2. The van der Waals surface area contributed by atoms with Gasteiger partial charge in [-0.05, 0) is 36.8 Å². The summed E-state index contributed by atoms with van der Waals surface area (Å²) in [7, 11) is 0. The Morgan fingerprint density at radius 3 is 2.60 bits per heavy atom. The first-order valence-corrected chi connectivity index (χ1v) is 7.82. The third-order valence-corrected chi connectivity index (χ3v) is 4.25. The van der Waals surface area contributed by atoms with Crippen molar-refractivity contribution in [2.45, 2.75) is 45.4 Å². The molecule has 0 spiro atoms. The molecule has 0 aromatic heterocycles. The van der Waals surface area contributed by atoms with Gasteiger partial charge in [-0.25, -0.2) is 4.79 Å². The second-order valence-electron chi connectivity index (χ2n) is 5.80. The second-order valence-corrected chi connectivity index (χ2v) is 5.80. The van der Waals surface area contributed by atoms with E-state index in [1.165, 1.54) is 36.8 Å². The molecular weight excluding hydrogens is 248 g/mol. The average Bonchev–Trinajstić information content (AvgIpc) is 2.94. The lowest BCUT2D eigenvalue weighted by atomic mass is 10.0. The number of hydrogen-bond donors (Lipinski definition) is 2. The fraction of sp³-hybridized carbons (Fsp3) is 0.588. The van der Waals surface area contributed by atoms with Crippen LogP contribution >= 0.6 is 0 Å². The average molecular weight is 274 g/mol. The summed E-state index contributed by atoms with van der Waals surface area (Å²) < 4.78 is 0. The van der Waals surface area contributed by atoms with Crippen LogP contribution in [0.3, 0.4) is 0 Å². The van der Waals surface area contributed by atoms with Crippen molar-refractivity contribution in [1.82, 2.24) is 10.6 Å². The molecule has 0 atom stereocenters. The summed E-state index contributed by atoms with van der Waals surface area (Å²) in [6.07, 6.45) is 7.45. The Kier molecular flexibility index (Phi) is 5.90. The van der Waals surface area contributed by atoms with Crippen molar-refractivity contribution in [2.24, 2.45) is 5.92 Å². The largest absolute Gasteiger partial charge is 0.338 e. The molecule has 1 fully saturated rings. The first-order valence-electron chi connectivity index (χ1n) is 7.82. The zero-order valence-corrected chi connectivity index (χ0v) is 12.5. The molecule has 1 saturated carbocycles. The monoisotopic (exact) mass is 274 g/mol. The van der Waals surface area contributed by atoms with E-state index in [1.54, 1.807) is 0 Å². The molecule has 3 heteroatoms. The van der Waals surface area contributed by atoms with Crippen molar-refractivity contribution >= 4 is 6.03 Å². The van der Waals surface area contributed by atoms with Crippen LogP contribution in [0.4, 0.5) is 4.79 Å². The van der Waals surface area contributed by atoms with Crippen LogP contribution in [0.5, 0.6) is 0 Å². The van der Waals surface area contributed by atoms with E-state index in [-0.39, 0.29) is 6.03 Å². The summed E-state index contributed by atoms with van der Waals surface area (Å²) in [5, 5.41) is 5.89. The van der Waals surface area contributed by atoms with Crippen molar-refractivity contribution in [3.05, 3.63) is 35.4 Å². The molecule has 1 aliphatic rings. The maximum absolute atomic E-state index is 11.7. The Bertz CT molecular complexity index is 425. The molecule has 0 saturated heterocycles. The fourth-order valence-corrected chi connectivity index (χ4v) is 2.95. The van der Waals surface area contributed by atoms with Crippen molar-refractivity contribution in [3.63, 3.8) is 0 Å². The molecule has 0 aliphatic heterocycles. The minimum Gasteiger partial charge on any atom is -0.338 e. The van der Waals surface area contributed by atoms with E-state index < -0.39 is 0 Å². The standard InChI is InChI=1S/C17H26N2O/c1-14-6-2-5-9-16(14)11-13-19-17(20)18-12-10-15-7-3-4-8-15/h2,5-6,9,15H,3-4,7-8,10-13H2,1H3,(H2,18,19,20). The lowest BCUT2D eigenvalue weighted by Crippen LogP contribution is -2.37. The highest BCUT2D eigenvalue weighted by molar-refractivity contribution is 5.73. The summed E-state index contributed by atoms with van der Waals surface area (Å²) >= 11 is 0. The van der Waals surface area contributed by atoms with Gasteiger partial charge in [-0.1, -0.05) is 49.9 Å². The second kappa shape index (κ2) is 7.93. The van der Waals surface area contributed by atoms with Gasteiger partial charge in [0, 0.05) is 13.1 Å². The summed E-state index contributed by atoms with van der Waals surface area (Å²) in [4.78, 5) is 11.7. The number of aryl methyl sites for hydroxylation is 1. The smallest absolute Gasteiger partial charge is 0.314 e. The van der Waals surface area contributed by atoms with Crippen LogP contribution in [0.25, 0.3) is 0 Å². The normalized spacial score (nSPS) is 15.2. The van der Waals surface area contributed by atoms with E-state index in [1.807, 2.05) is 12.1 Å². The number of nitrogens with one attached hydrogen (secondary N) is 2. The van der Waals surface area contributed by atoms with E-state index in [0.29, 0.717) is 6.54 Å². The number of benzene rings is 1. The van der Waals surface area contributed by atoms with E-state index in [4.69, 9.17) is 0 Å². The third-order valence-electron chi connectivity index (χ3n) is 4.25. The summed E-state index contributed by atoms with van der Waals surface area (Å²) in [5.74, 6) is 0.835. The van der Waals surface area contributed by atoms with Crippen molar-refractivity contribution < 1.29 is 4.79 Å². The number of amides is 2. The van der Waals surface area contributed by atoms with Gasteiger partial charge in [0.05, 0.1) is 0 Å². The van der Waals surface area contributed by atoms with E-state index in [2.05, 4.69) is 29.7 Å². The Morgan fingerprint density at radius 2 is 1.85 bits per heavy atom. The fourth-order valence-electron chi connectivity index (χ4n) is 2.95. The SMILES string of the molecule is Cc1ccccc1CCNC(=O)NCCC1CCCC1. The molecule has 1 aliphatic carbocycles. The highest BCUT2D eigenvalue weighted by Crippen LogP contribution is 2.26. The van der Waals surface area contributed by atoms with Crippen LogP contribution in [-0.2, 0) is 6.42 Å². The van der Waals surface area contributed by atoms with Gasteiger partial charge < -0.3 is 10.6 Å². The van der Waals surface area contributed by atoms with Gasteiger partial charge in [-0.15, -0.1) is 0 Å². The highest BCUT2D eigenvalue weighted by Gasteiger charge is 2.14. The van der Waals surface area contributed by atoms with Gasteiger partial charge in [-0.2, -0.15) is 0 Å². The maximum Gasteiger partial charge on any atom is 0.314 e. The first-order chi connectivity index (χ1) is 9.75. The van der Waals surface area contributed by atoms with Crippen LogP contribution in [0.1, 0.15) is 43.2 Å². The van der Waals surface area contributed by atoms with Crippen LogP contribution in [0.15, 0.2) is 24.3 Å². The summed E-state index contributed by atoms with van der Waals surface area (Å²) in [6.45, 7) is 3.61. The van der Waals surface area contributed by atoms with Crippen LogP contribution < -0.4 is 10.6 Å². The lowest BCUT2D eigenvalue weighted by Gasteiger charge is -2.11. The molecule has 0 radical (unpaired) electrons. The van der Waals surface area contributed by atoms with Gasteiger partial charge >= 0.3 is 6.03 Å².